The summed E-state index contributed by atoms with van der Waals surface area (Å²) in [5.41, 5.74) is 0.311. The van der Waals surface area contributed by atoms with Gasteiger partial charge in [0.05, 0.1) is 6.20 Å². The fraction of sp³-hybridized carbons (Fsp3) is 0.294. The predicted octanol–water partition coefficient (Wildman–Crippen LogP) is 2.50. The van der Waals surface area contributed by atoms with E-state index in [0.29, 0.717) is 23.6 Å². The van der Waals surface area contributed by atoms with Crippen LogP contribution >= 0.6 is 0 Å². The zero-order chi connectivity index (χ0) is 17.5. The van der Waals surface area contributed by atoms with Crippen LogP contribution in [-0.4, -0.2) is 33.0 Å². The zero-order valence-corrected chi connectivity index (χ0v) is 13.5. The van der Waals surface area contributed by atoms with Gasteiger partial charge in [-0.25, -0.2) is 9.78 Å². The van der Waals surface area contributed by atoms with Crippen LogP contribution in [0.25, 0.3) is 0 Å². The second-order valence-electron chi connectivity index (χ2n) is 5.35. The fourth-order valence-electron chi connectivity index (χ4n) is 2.07. The van der Waals surface area contributed by atoms with Crippen LogP contribution in [0, 0.1) is 5.92 Å². The summed E-state index contributed by atoms with van der Waals surface area (Å²) in [6, 6.07) is 5.51. The Morgan fingerprint density at radius 1 is 1.33 bits per heavy atom. The van der Waals surface area contributed by atoms with E-state index < -0.39 is 17.9 Å². The number of benzene rings is 1. The summed E-state index contributed by atoms with van der Waals surface area (Å²) in [5.74, 6) is -0.973. The molecule has 0 aliphatic rings. The van der Waals surface area contributed by atoms with E-state index in [1.165, 1.54) is 24.7 Å². The minimum atomic E-state index is -1.05. The summed E-state index contributed by atoms with van der Waals surface area (Å²) in [6.45, 7) is 3.66. The first kappa shape index (κ1) is 17.4. The second kappa shape index (κ2) is 8.05. The molecule has 0 spiro atoms. The van der Waals surface area contributed by atoms with Crippen LogP contribution < -0.4 is 10.1 Å². The summed E-state index contributed by atoms with van der Waals surface area (Å²) in [7, 11) is 0. The molecule has 0 aliphatic heterocycles. The molecule has 7 heteroatoms. The minimum Gasteiger partial charge on any atom is -0.480 e. The van der Waals surface area contributed by atoms with Crippen molar-refractivity contribution in [1.29, 1.82) is 0 Å². The van der Waals surface area contributed by atoms with Gasteiger partial charge in [0.25, 0.3) is 5.91 Å². The van der Waals surface area contributed by atoms with Gasteiger partial charge in [-0.15, -0.1) is 0 Å². The molecule has 24 heavy (non-hydrogen) atoms. The topological polar surface area (TPSA) is 101 Å². The summed E-state index contributed by atoms with van der Waals surface area (Å²) >= 11 is 0. The SMILES string of the molecule is CC[C@H](C)[C@H](NC(=O)c1cccc(Oc2cnccn2)c1)C(=O)O. The number of aliphatic carboxylic acids is 1. The molecule has 0 saturated carbocycles. The van der Waals surface area contributed by atoms with E-state index in [0.717, 1.165) is 0 Å². The lowest BCUT2D eigenvalue weighted by molar-refractivity contribution is -0.140. The van der Waals surface area contributed by atoms with Crippen molar-refractivity contribution in [3.8, 4) is 11.6 Å². The number of carboxylic acid groups (broad SMARTS) is 1. The average molecular weight is 329 g/mol. The molecule has 0 saturated heterocycles. The van der Waals surface area contributed by atoms with Crippen molar-refractivity contribution in [2.75, 3.05) is 0 Å². The molecule has 1 aromatic carbocycles. The molecule has 0 bridgehead atoms. The summed E-state index contributed by atoms with van der Waals surface area (Å²) in [6.07, 6.45) is 5.12. The predicted molar refractivity (Wildman–Crippen MR) is 86.9 cm³/mol. The van der Waals surface area contributed by atoms with E-state index in [1.54, 1.807) is 25.1 Å². The van der Waals surface area contributed by atoms with Crippen LogP contribution in [0.2, 0.25) is 0 Å². The molecule has 2 rings (SSSR count). The van der Waals surface area contributed by atoms with E-state index in [1.807, 2.05) is 6.92 Å². The van der Waals surface area contributed by atoms with Crippen molar-refractivity contribution in [3.63, 3.8) is 0 Å². The molecule has 2 N–H and O–H groups in total. The van der Waals surface area contributed by atoms with Crippen molar-refractivity contribution in [2.45, 2.75) is 26.3 Å². The second-order valence-corrected chi connectivity index (χ2v) is 5.35. The Morgan fingerprint density at radius 2 is 2.12 bits per heavy atom. The Hall–Kier alpha value is -2.96. The highest BCUT2D eigenvalue weighted by Crippen LogP contribution is 2.20. The lowest BCUT2D eigenvalue weighted by Gasteiger charge is -2.20. The lowest BCUT2D eigenvalue weighted by Crippen LogP contribution is -2.45. The highest BCUT2D eigenvalue weighted by Gasteiger charge is 2.25. The first-order valence-corrected chi connectivity index (χ1v) is 7.59. The van der Waals surface area contributed by atoms with Crippen LogP contribution in [0.5, 0.6) is 11.6 Å². The van der Waals surface area contributed by atoms with Gasteiger partial charge in [-0.05, 0) is 24.1 Å². The minimum absolute atomic E-state index is 0.175. The van der Waals surface area contributed by atoms with Crippen molar-refractivity contribution in [1.82, 2.24) is 15.3 Å². The van der Waals surface area contributed by atoms with Gasteiger partial charge in [0.15, 0.2) is 0 Å². The molecule has 0 fully saturated rings. The number of nitrogens with one attached hydrogen (secondary N) is 1. The maximum Gasteiger partial charge on any atom is 0.326 e. The Bertz CT molecular complexity index is 706. The van der Waals surface area contributed by atoms with Crippen LogP contribution in [0.15, 0.2) is 42.9 Å². The van der Waals surface area contributed by atoms with Crippen LogP contribution in [0.4, 0.5) is 0 Å². The quantitative estimate of drug-likeness (QED) is 0.809. The first-order valence-electron chi connectivity index (χ1n) is 7.59. The first-order chi connectivity index (χ1) is 11.5. The Labute approximate surface area is 139 Å². The van der Waals surface area contributed by atoms with Crippen molar-refractivity contribution >= 4 is 11.9 Å². The number of rotatable bonds is 7. The smallest absolute Gasteiger partial charge is 0.326 e. The Morgan fingerprint density at radius 3 is 2.75 bits per heavy atom. The van der Waals surface area contributed by atoms with Crippen LogP contribution in [0.3, 0.4) is 0 Å². The Balaban J connectivity index is 2.12. The number of ether oxygens (including phenoxy) is 1. The summed E-state index contributed by atoms with van der Waals surface area (Å²) < 4.78 is 5.52. The van der Waals surface area contributed by atoms with Gasteiger partial charge >= 0.3 is 5.97 Å². The number of carbonyl (C=O) groups is 2. The normalized spacial score (nSPS) is 12.9. The number of aromatic nitrogens is 2. The number of nitrogens with zero attached hydrogens (tertiary/aromatic N) is 2. The number of carbonyl (C=O) groups excluding carboxylic acids is 1. The van der Waals surface area contributed by atoms with Gasteiger partial charge in [0, 0.05) is 18.0 Å². The molecule has 1 aromatic heterocycles. The van der Waals surface area contributed by atoms with E-state index in [2.05, 4.69) is 15.3 Å². The third-order valence-corrected chi connectivity index (χ3v) is 3.62. The molecular formula is C17H19N3O4. The van der Waals surface area contributed by atoms with Crippen molar-refractivity contribution in [3.05, 3.63) is 48.4 Å². The van der Waals surface area contributed by atoms with E-state index in [9.17, 15) is 14.7 Å². The van der Waals surface area contributed by atoms with Gasteiger partial charge in [0.2, 0.25) is 5.88 Å². The monoisotopic (exact) mass is 329 g/mol. The molecular weight excluding hydrogens is 310 g/mol. The van der Waals surface area contributed by atoms with Gasteiger partial charge in [0.1, 0.15) is 11.8 Å². The van der Waals surface area contributed by atoms with Gasteiger partial charge in [-0.1, -0.05) is 26.3 Å². The fourth-order valence-corrected chi connectivity index (χ4v) is 2.07. The van der Waals surface area contributed by atoms with E-state index >= 15 is 0 Å². The van der Waals surface area contributed by atoms with E-state index in [4.69, 9.17) is 4.74 Å². The maximum absolute atomic E-state index is 12.3. The summed E-state index contributed by atoms with van der Waals surface area (Å²) in [5, 5.41) is 11.8. The van der Waals surface area contributed by atoms with Gasteiger partial charge in [-0.3, -0.25) is 9.78 Å². The maximum atomic E-state index is 12.3. The van der Waals surface area contributed by atoms with Crippen LogP contribution in [0.1, 0.15) is 30.6 Å². The molecule has 2 aromatic rings. The highest BCUT2D eigenvalue weighted by atomic mass is 16.5. The lowest BCUT2D eigenvalue weighted by atomic mass is 9.99. The molecule has 0 aliphatic carbocycles. The molecule has 2 atom stereocenters. The number of carboxylic acids is 1. The molecule has 1 amide bonds. The molecule has 1 heterocycles. The standard InChI is InChI=1S/C17H19N3O4/c1-3-11(2)15(17(22)23)20-16(21)12-5-4-6-13(9-12)24-14-10-18-7-8-19-14/h4-11,15H,3H2,1-2H3,(H,20,21)(H,22,23)/t11-,15-/m0/s1. The third kappa shape index (κ3) is 4.52. The van der Waals surface area contributed by atoms with Crippen molar-refractivity contribution < 1.29 is 19.4 Å². The third-order valence-electron chi connectivity index (χ3n) is 3.62. The number of hydrogen-bond donors (Lipinski definition) is 2. The van der Waals surface area contributed by atoms with Crippen molar-refractivity contribution in [2.24, 2.45) is 5.92 Å². The molecule has 0 radical (unpaired) electrons. The molecule has 0 unspecified atom stereocenters. The average Bonchev–Trinajstić information content (AvgIpc) is 2.59. The Kier molecular flexibility index (Phi) is 5.83. The van der Waals surface area contributed by atoms with Gasteiger partial charge < -0.3 is 15.2 Å². The largest absolute Gasteiger partial charge is 0.480 e. The number of amides is 1. The van der Waals surface area contributed by atoms with E-state index in [-0.39, 0.29) is 5.92 Å². The van der Waals surface area contributed by atoms with Gasteiger partial charge in [-0.2, -0.15) is 0 Å². The number of hydrogen-bond acceptors (Lipinski definition) is 5. The van der Waals surface area contributed by atoms with Crippen LogP contribution in [-0.2, 0) is 4.79 Å². The highest BCUT2D eigenvalue weighted by molar-refractivity contribution is 5.97. The summed E-state index contributed by atoms with van der Waals surface area (Å²) in [4.78, 5) is 31.5. The molecule has 126 valence electrons. The molecule has 7 nitrogen and oxygen atoms in total. The zero-order valence-electron chi connectivity index (χ0n) is 13.5.